The maximum atomic E-state index is 12.2. The van der Waals surface area contributed by atoms with Crippen LogP contribution in [0, 0.1) is 0 Å². The molecule has 1 aromatic heterocycles. The van der Waals surface area contributed by atoms with Gasteiger partial charge in [0.15, 0.2) is 0 Å². The molecule has 2 rings (SSSR count). The Morgan fingerprint density at radius 2 is 2.00 bits per heavy atom. The quantitative estimate of drug-likeness (QED) is 0.831. The molecule has 0 unspecified atom stereocenters. The number of nitrogens with one attached hydrogen (secondary N) is 2. The number of hydrogen-bond acceptors (Lipinski definition) is 4. The summed E-state index contributed by atoms with van der Waals surface area (Å²) < 4.78 is 25.7. The van der Waals surface area contributed by atoms with Crippen LogP contribution in [0.25, 0.3) is 0 Å². The van der Waals surface area contributed by atoms with Gasteiger partial charge in [0.25, 0.3) is 0 Å². The lowest BCUT2D eigenvalue weighted by Crippen LogP contribution is -2.24. The van der Waals surface area contributed by atoms with E-state index in [4.69, 9.17) is 0 Å². The van der Waals surface area contributed by atoms with Crippen molar-refractivity contribution in [3.63, 3.8) is 0 Å². The van der Waals surface area contributed by atoms with E-state index < -0.39 is 10.0 Å². The second-order valence-corrected chi connectivity index (χ2v) is 6.65. The summed E-state index contributed by atoms with van der Waals surface area (Å²) in [7, 11) is -0.362. The minimum absolute atomic E-state index is 0.331. The number of hydrogen-bond donors (Lipinski definition) is 2. The summed E-state index contributed by atoms with van der Waals surface area (Å²) >= 11 is 0. The zero-order valence-electron chi connectivity index (χ0n) is 11.5. The van der Waals surface area contributed by atoms with Crippen molar-refractivity contribution in [1.82, 2.24) is 19.6 Å². The van der Waals surface area contributed by atoms with Gasteiger partial charge in [-0.3, -0.25) is 0 Å². The van der Waals surface area contributed by atoms with Gasteiger partial charge in [0.2, 0.25) is 10.0 Å². The first-order valence-corrected chi connectivity index (χ1v) is 7.65. The maximum absolute atomic E-state index is 12.2. The van der Waals surface area contributed by atoms with Gasteiger partial charge in [-0.25, -0.2) is 17.7 Å². The van der Waals surface area contributed by atoms with Crippen molar-refractivity contribution in [2.45, 2.75) is 18.0 Å². The van der Waals surface area contributed by atoms with Crippen molar-refractivity contribution in [3.05, 3.63) is 48.0 Å². The maximum Gasteiger partial charge on any atom is 0.242 e. The molecular weight excluding hydrogens is 276 g/mol. The zero-order valence-corrected chi connectivity index (χ0v) is 12.3. The van der Waals surface area contributed by atoms with Gasteiger partial charge in [0.1, 0.15) is 5.82 Å². The van der Waals surface area contributed by atoms with Crippen molar-refractivity contribution in [1.29, 1.82) is 0 Å². The second-order valence-electron chi connectivity index (χ2n) is 4.53. The molecule has 0 amide bonds. The lowest BCUT2D eigenvalue weighted by molar-refractivity contribution is 0.518. The molecule has 0 saturated heterocycles. The van der Waals surface area contributed by atoms with Crippen LogP contribution in [0.15, 0.2) is 41.6 Å². The highest BCUT2D eigenvalue weighted by atomic mass is 32.2. The Labute approximate surface area is 118 Å². The van der Waals surface area contributed by atoms with E-state index in [1.54, 1.807) is 24.5 Å². The van der Waals surface area contributed by atoms with E-state index in [-0.39, 0.29) is 0 Å². The van der Waals surface area contributed by atoms with Gasteiger partial charge in [-0.2, -0.15) is 0 Å². The lowest BCUT2D eigenvalue weighted by atomic mass is 10.2. The van der Waals surface area contributed by atoms with E-state index in [1.165, 1.54) is 18.4 Å². The van der Waals surface area contributed by atoms with Crippen LogP contribution in [-0.2, 0) is 23.1 Å². The molecule has 20 heavy (non-hydrogen) atoms. The summed E-state index contributed by atoms with van der Waals surface area (Å²) in [6, 6.07) is 7.00. The first-order valence-electron chi connectivity index (χ1n) is 6.21. The monoisotopic (exact) mass is 294 g/mol. The Kier molecular flexibility index (Phi) is 4.53. The first-order chi connectivity index (χ1) is 9.51. The SMILES string of the molecule is CN(C)S(=O)(=O)c1ccccc1CNCc1ncc[nH]1. The third kappa shape index (κ3) is 3.24. The summed E-state index contributed by atoms with van der Waals surface area (Å²) in [4.78, 5) is 7.42. The van der Waals surface area contributed by atoms with Crippen LogP contribution < -0.4 is 5.32 Å². The molecule has 0 bridgehead atoms. The zero-order chi connectivity index (χ0) is 14.6. The summed E-state index contributed by atoms with van der Waals surface area (Å²) in [5, 5.41) is 3.18. The second kappa shape index (κ2) is 6.17. The number of imidazole rings is 1. The molecule has 0 fully saturated rings. The molecule has 0 aliphatic rings. The molecule has 7 heteroatoms. The molecule has 0 atom stereocenters. The summed E-state index contributed by atoms with van der Waals surface area (Å²) in [5.74, 6) is 0.818. The van der Waals surface area contributed by atoms with E-state index in [9.17, 15) is 8.42 Å². The molecule has 2 aromatic rings. The molecule has 0 radical (unpaired) electrons. The highest BCUT2D eigenvalue weighted by Crippen LogP contribution is 2.18. The Morgan fingerprint density at radius 3 is 2.65 bits per heavy atom. The molecule has 0 spiro atoms. The number of aromatic nitrogens is 2. The van der Waals surface area contributed by atoms with Gasteiger partial charge in [0, 0.05) is 33.0 Å². The predicted octanol–water partition coefficient (Wildman–Crippen LogP) is 0.950. The number of nitrogens with zero attached hydrogens (tertiary/aromatic N) is 2. The Morgan fingerprint density at radius 1 is 1.25 bits per heavy atom. The van der Waals surface area contributed by atoms with Crippen LogP contribution in [0.2, 0.25) is 0 Å². The van der Waals surface area contributed by atoms with Crippen molar-refractivity contribution >= 4 is 10.0 Å². The molecule has 2 N–H and O–H groups in total. The highest BCUT2D eigenvalue weighted by Gasteiger charge is 2.20. The molecule has 0 aliphatic carbocycles. The van der Waals surface area contributed by atoms with Crippen molar-refractivity contribution in [2.24, 2.45) is 0 Å². The minimum atomic E-state index is -3.42. The minimum Gasteiger partial charge on any atom is -0.348 e. The molecule has 6 nitrogen and oxygen atoms in total. The average Bonchev–Trinajstić information content (AvgIpc) is 2.92. The van der Waals surface area contributed by atoms with Gasteiger partial charge in [-0.1, -0.05) is 18.2 Å². The predicted molar refractivity (Wildman–Crippen MR) is 76.4 cm³/mol. The van der Waals surface area contributed by atoms with E-state index in [2.05, 4.69) is 15.3 Å². The number of sulfonamides is 1. The Bertz CT molecular complexity index is 651. The average molecular weight is 294 g/mol. The largest absolute Gasteiger partial charge is 0.348 e. The van der Waals surface area contributed by atoms with E-state index >= 15 is 0 Å². The summed E-state index contributed by atoms with van der Waals surface area (Å²) in [5.41, 5.74) is 0.743. The number of benzene rings is 1. The molecule has 1 aromatic carbocycles. The van der Waals surface area contributed by atoms with Gasteiger partial charge < -0.3 is 10.3 Å². The van der Waals surface area contributed by atoms with E-state index in [0.717, 1.165) is 11.4 Å². The van der Waals surface area contributed by atoms with Crippen LogP contribution in [0.5, 0.6) is 0 Å². The van der Waals surface area contributed by atoms with Crippen molar-refractivity contribution < 1.29 is 8.42 Å². The Balaban J connectivity index is 2.12. The molecule has 0 saturated carbocycles. The summed E-state index contributed by atoms with van der Waals surface area (Å²) in [6.07, 6.45) is 3.43. The molecule has 0 aliphatic heterocycles. The van der Waals surface area contributed by atoms with Crippen LogP contribution in [0.4, 0.5) is 0 Å². The third-order valence-corrected chi connectivity index (χ3v) is 4.81. The molecular formula is C13H18N4O2S. The summed E-state index contributed by atoms with van der Waals surface area (Å²) in [6.45, 7) is 1.02. The van der Waals surface area contributed by atoms with Gasteiger partial charge in [-0.05, 0) is 11.6 Å². The number of aromatic amines is 1. The van der Waals surface area contributed by atoms with E-state index in [1.807, 2.05) is 12.1 Å². The van der Waals surface area contributed by atoms with Gasteiger partial charge >= 0.3 is 0 Å². The third-order valence-electron chi connectivity index (χ3n) is 2.89. The van der Waals surface area contributed by atoms with Gasteiger partial charge in [0.05, 0.1) is 11.4 Å². The first kappa shape index (κ1) is 14.7. The van der Waals surface area contributed by atoms with Crippen LogP contribution >= 0.6 is 0 Å². The standard InChI is InChI=1S/C13H18N4O2S/c1-17(2)20(18,19)12-6-4-3-5-11(12)9-14-10-13-15-7-8-16-13/h3-8,14H,9-10H2,1-2H3,(H,15,16). The fourth-order valence-corrected chi connectivity index (χ4v) is 2.92. The van der Waals surface area contributed by atoms with Crippen molar-refractivity contribution in [3.8, 4) is 0 Å². The van der Waals surface area contributed by atoms with E-state index in [0.29, 0.717) is 18.0 Å². The normalized spacial score (nSPS) is 11.9. The van der Waals surface area contributed by atoms with Crippen LogP contribution in [0.3, 0.4) is 0 Å². The number of rotatable bonds is 6. The fraction of sp³-hybridized carbons (Fsp3) is 0.308. The molecule has 108 valence electrons. The fourth-order valence-electron chi connectivity index (χ4n) is 1.81. The highest BCUT2D eigenvalue weighted by molar-refractivity contribution is 7.89. The lowest BCUT2D eigenvalue weighted by Gasteiger charge is -2.15. The topological polar surface area (TPSA) is 78.1 Å². The molecule has 1 heterocycles. The Hall–Kier alpha value is -1.70. The van der Waals surface area contributed by atoms with Crippen LogP contribution in [0.1, 0.15) is 11.4 Å². The van der Waals surface area contributed by atoms with Gasteiger partial charge in [-0.15, -0.1) is 0 Å². The number of H-pyrrole nitrogens is 1. The van der Waals surface area contributed by atoms with Crippen molar-refractivity contribution in [2.75, 3.05) is 14.1 Å². The smallest absolute Gasteiger partial charge is 0.242 e. The van der Waals surface area contributed by atoms with Crippen LogP contribution in [-0.4, -0.2) is 36.8 Å².